The SMILES string of the molecule is CCCCCCCC(=O)NCCCCC(NC(=O)C(N)Cc1cn(Cc2ccc(-c3ccccc3)c(-c3nn[nH]n3)c2)cn1)C(=O)NC(Cc1ccc(C)cc1)C(=O)NC(Cc1ccc(O)cc1)C(=O)O. The number of hydrogen-bond acceptors (Lipinski definition) is 11. The third-order valence-corrected chi connectivity index (χ3v) is 12.1. The van der Waals surface area contributed by atoms with Gasteiger partial charge in [-0.25, -0.2) is 9.78 Å². The van der Waals surface area contributed by atoms with E-state index in [9.17, 15) is 34.2 Å². The van der Waals surface area contributed by atoms with Crippen molar-refractivity contribution in [2.75, 3.05) is 6.54 Å². The molecule has 4 amide bonds. The summed E-state index contributed by atoms with van der Waals surface area (Å²) in [6, 6.07) is 24.4. The van der Waals surface area contributed by atoms with Gasteiger partial charge < -0.3 is 41.8 Å². The van der Waals surface area contributed by atoms with Crippen molar-refractivity contribution >= 4 is 29.6 Å². The number of nitrogens with one attached hydrogen (secondary N) is 5. The Morgan fingerprint density at radius 2 is 1.38 bits per heavy atom. The number of tetrazole rings is 1. The lowest BCUT2D eigenvalue weighted by Crippen LogP contribution is -2.58. The van der Waals surface area contributed by atoms with Crippen molar-refractivity contribution in [1.29, 1.82) is 0 Å². The highest BCUT2D eigenvalue weighted by atomic mass is 16.4. The molecule has 6 rings (SSSR count). The van der Waals surface area contributed by atoms with Crippen molar-refractivity contribution in [2.45, 2.75) is 122 Å². The van der Waals surface area contributed by atoms with Crippen LogP contribution in [0.25, 0.3) is 22.5 Å². The molecule has 6 aromatic rings. The molecule has 0 aliphatic carbocycles. The average molecular weight is 968 g/mol. The van der Waals surface area contributed by atoms with Crippen molar-refractivity contribution in [3.05, 3.63) is 138 Å². The molecule has 0 saturated carbocycles. The zero-order valence-electron chi connectivity index (χ0n) is 40.4. The fourth-order valence-electron chi connectivity index (χ4n) is 8.16. The number of imidazole rings is 1. The molecule has 2 heterocycles. The Balaban J connectivity index is 1.13. The molecule has 2 aromatic heterocycles. The summed E-state index contributed by atoms with van der Waals surface area (Å²) >= 11 is 0. The zero-order chi connectivity index (χ0) is 50.5. The van der Waals surface area contributed by atoms with E-state index < -0.39 is 47.9 Å². The fourth-order valence-corrected chi connectivity index (χ4v) is 8.16. The van der Waals surface area contributed by atoms with Crippen LogP contribution in [-0.2, 0) is 49.8 Å². The molecule has 0 fully saturated rings. The normalized spacial score (nSPS) is 12.8. The first kappa shape index (κ1) is 52.6. The number of hydrogen-bond donors (Lipinski definition) is 8. The Hall–Kier alpha value is -7.73. The number of aliphatic carboxylic acids is 1. The second-order valence-corrected chi connectivity index (χ2v) is 17.9. The van der Waals surface area contributed by atoms with E-state index in [1.54, 1.807) is 24.7 Å². The maximum absolute atomic E-state index is 14.3. The molecule has 374 valence electrons. The number of phenols is 1. The Morgan fingerprint density at radius 1 is 0.718 bits per heavy atom. The molecule has 4 aromatic carbocycles. The summed E-state index contributed by atoms with van der Waals surface area (Å²) in [5.74, 6) is -2.88. The van der Waals surface area contributed by atoms with Gasteiger partial charge >= 0.3 is 5.97 Å². The summed E-state index contributed by atoms with van der Waals surface area (Å²) in [6.07, 6.45) is 10.1. The number of H-pyrrole nitrogens is 1. The van der Waals surface area contributed by atoms with Crippen LogP contribution in [0.5, 0.6) is 5.75 Å². The van der Waals surface area contributed by atoms with Gasteiger partial charge in [0.1, 0.15) is 23.9 Å². The number of carboxylic acids is 1. The van der Waals surface area contributed by atoms with E-state index in [0.29, 0.717) is 55.0 Å². The van der Waals surface area contributed by atoms with Gasteiger partial charge in [0.15, 0.2) is 0 Å². The van der Waals surface area contributed by atoms with E-state index in [1.165, 1.54) is 12.1 Å². The number of aromatic amines is 1. The number of nitrogens with zero attached hydrogens (tertiary/aromatic N) is 5. The number of benzene rings is 4. The average Bonchev–Trinajstić information content (AvgIpc) is 4.07. The third-order valence-electron chi connectivity index (χ3n) is 12.1. The minimum atomic E-state index is -1.36. The van der Waals surface area contributed by atoms with Crippen LogP contribution in [0, 0.1) is 6.92 Å². The molecule has 0 spiro atoms. The van der Waals surface area contributed by atoms with Gasteiger partial charge in [0.05, 0.1) is 18.1 Å². The number of carbonyl (C=O) groups is 5. The highest BCUT2D eigenvalue weighted by Gasteiger charge is 2.31. The molecule has 9 N–H and O–H groups in total. The molecule has 0 radical (unpaired) electrons. The van der Waals surface area contributed by atoms with Gasteiger partial charge in [-0.2, -0.15) is 5.21 Å². The second-order valence-electron chi connectivity index (χ2n) is 17.9. The smallest absolute Gasteiger partial charge is 0.326 e. The van der Waals surface area contributed by atoms with Crippen molar-refractivity contribution in [3.63, 3.8) is 0 Å². The summed E-state index contributed by atoms with van der Waals surface area (Å²) in [5, 5.41) is 45.7. The zero-order valence-corrected chi connectivity index (χ0v) is 40.4. The van der Waals surface area contributed by atoms with E-state index in [4.69, 9.17) is 5.73 Å². The standard InChI is InChI=1S/C53H65N11O7/c1-3-4-5-6-10-16-48(66)55-27-12-11-15-45(51(68)58-46(29-36-19-17-35(2)18-20-36)52(69)59-47(53(70)71)30-37-21-24-41(65)25-22-37)57-50(67)44(54)31-40-33-64(34-56-40)32-38-23-26-42(39-13-8-7-9-14-39)43(28-38)49-60-62-63-61-49/h7-9,13-14,17-26,28,33-34,44-47,65H,3-6,10-12,15-16,27,29-32,54H2,1-2H3,(H,55,66)(H,57,67)(H,58,68)(H,59,69)(H,70,71)(H,60,61,62,63). The van der Waals surface area contributed by atoms with E-state index in [2.05, 4.69) is 53.8 Å². The summed E-state index contributed by atoms with van der Waals surface area (Å²) < 4.78 is 1.87. The van der Waals surface area contributed by atoms with Crippen molar-refractivity contribution in [3.8, 4) is 28.3 Å². The van der Waals surface area contributed by atoms with Gasteiger partial charge in [0.2, 0.25) is 29.5 Å². The van der Waals surface area contributed by atoms with Gasteiger partial charge in [-0.3, -0.25) is 19.2 Å². The molecule has 71 heavy (non-hydrogen) atoms. The number of carboxylic acid groups (broad SMARTS) is 1. The predicted molar refractivity (Wildman–Crippen MR) is 268 cm³/mol. The monoisotopic (exact) mass is 968 g/mol. The van der Waals surface area contributed by atoms with Gasteiger partial charge in [0, 0.05) is 50.5 Å². The molecule has 0 saturated heterocycles. The maximum atomic E-state index is 14.3. The largest absolute Gasteiger partial charge is 0.508 e. The van der Waals surface area contributed by atoms with Gasteiger partial charge in [0.25, 0.3) is 0 Å². The number of aryl methyl sites for hydroxylation is 1. The number of aromatic nitrogens is 6. The number of amides is 4. The minimum Gasteiger partial charge on any atom is -0.508 e. The Morgan fingerprint density at radius 3 is 2.08 bits per heavy atom. The van der Waals surface area contributed by atoms with E-state index in [0.717, 1.165) is 59.9 Å². The van der Waals surface area contributed by atoms with E-state index in [1.807, 2.05) is 84.3 Å². The van der Waals surface area contributed by atoms with Crippen LogP contribution in [0.1, 0.15) is 92.7 Å². The van der Waals surface area contributed by atoms with Crippen molar-refractivity contribution < 1.29 is 34.2 Å². The molecular formula is C53H65N11O7. The lowest BCUT2D eigenvalue weighted by atomic mass is 9.97. The van der Waals surface area contributed by atoms with Gasteiger partial charge in [-0.1, -0.05) is 117 Å². The quantitative estimate of drug-likeness (QED) is 0.0290. The first-order valence-corrected chi connectivity index (χ1v) is 24.3. The topological polar surface area (TPSA) is 272 Å². The fraction of sp³-hybridized carbons (Fsp3) is 0.377. The van der Waals surface area contributed by atoms with E-state index >= 15 is 0 Å². The highest BCUT2D eigenvalue weighted by molar-refractivity contribution is 5.94. The summed E-state index contributed by atoms with van der Waals surface area (Å²) in [4.78, 5) is 71.7. The molecular weight excluding hydrogens is 903 g/mol. The number of rotatable bonds is 28. The number of nitrogens with two attached hydrogens (primary N) is 1. The molecule has 4 atom stereocenters. The van der Waals surface area contributed by atoms with Crippen LogP contribution >= 0.6 is 0 Å². The van der Waals surface area contributed by atoms with Crippen molar-refractivity contribution in [2.24, 2.45) is 5.73 Å². The third kappa shape index (κ3) is 16.7. The molecule has 0 bridgehead atoms. The van der Waals surface area contributed by atoms with Crippen LogP contribution in [0.3, 0.4) is 0 Å². The molecule has 18 nitrogen and oxygen atoms in total. The van der Waals surface area contributed by atoms with Gasteiger partial charge in [-0.15, -0.1) is 10.2 Å². The van der Waals surface area contributed by atoms with Crippen LogP contribution in [-0.4, -0.2) is 101 Å². The van der Waals surface area contributed by atoms with Crippen LogP contribution in [0.15, 0.2) is 110 Å². The lowest BCUT2D eigenvalue weighted by Gasteiger charge is -2.25. The number of phenolic OH excluding ortho intramolecular Hbond substituents is 1. The molecule has 18 heteroatoms. The predicted octanol–water partition coefficient (Wildman–Crippen LogP) is 5.33. The lowest BCUT2D eigenvalue weighted by molar-refractivity contribution is -0.142. The van der Waals surface area contributed by atoms with Crippen LogP contribution < -0.4 is 27.0 Å². The van der Waals surface area contributed by atoms with Gasteiger partial charge in [-0.05, 0) is 83.8 Å². The minimum absolute atomic E-state index is 0.0105. The van der Waals surface area contributed by atoms with Crippen LogP contribution in [0.2, 0.25) is 0 Å². The Labute approximate surface area is 413 Å². The molecule has 4 unspecified atom stereocenters. The summed E-state index contributed by atoms with van der Waals surface area (Å²) in [6.45, 7) is 4.88. The summed E-state index contributed by atoms with van der Waals surface area (Å²) in [7, 11) is 0. The Kier molecular flexibility index (Phi) is 19.9. The van der Waals surface area contributed by atoms with E-state index in [-0.39, 0.29) is 37.3 Å². The first-order chi connectivity index (χ1) is 34.3. The van der Waals surface area contributed by atoms with Crippen molar-refractivity contribution in [1.82, 2.24) is 51.4 Å². The number of carbonyl (C=O) groups excluding carboxylic acids is 4. The second kappa shape index (κ2) is 26.9. The Bertz CT molecular complexity index is 2640. The number of unbranched alkanes of at least 4 members (excludes halogenated alkanes) is 5. The van der Waals surface area contributed by atoms with Crippen LogP contribution in [0.4, 0.5) is 0 Å². The highest BCUT2D eigenvalue weighted by Crippen LogP contribution is 2.31. The summed E-state index contributed by atoms with van der Waals surface area (Å²) in [5.41, 5.74) is 13.0. The maximum Gasteiger partial charge on any atom is 0.326 e. The first-order valence-electron chi connectivity index (χ1n) is 24.3. The molecule has 0 aliphatic rings. The number of aromatic hydroxyl groups is 1. The molecule has 0 aliphatic heterocycles.